The standard InChI is InChI=1S/C21H27NO/c1-16(2)9-8-14-22-18(4)20(13-12-17(3)23)15-21(22)19-10-6-5-7-11-19/h5-7,10-13,15-16,23H,4,8-9,14H2,1-3H3/b17-12+,20-13-. The van der Waals surface area contributed by atoms with Gasteiger partial charge in [0.05, 0.1) is 5.76 Å². The molecule has 23 heavy (non-hydrogen) atoms. The highest BCUT2D eigenvalue weighted by Crippen LogP contribution is 2.17. The van der Waals surface area contributed by atoms with Crippen molar-refractivity contribution < 1.29 is 5.11 Å². The van der Waals surface area contributed by atoms with Gasteiger partial charge in [-0.15, -0.1) is 0 Å². The molecule has 122 valence electrons. The summed E-state index contributed by atoms with van der Waals surface area (Å²) in [7, 11) is 0. The molecule has 0 aliphatic carbocycles. The van der Waals surface area contributed by atoms with E-state index in [0.717, 1.165) is 23.5 Å². The molecule has 2 aromatic rings. The minimum atomic E-state index is 0.304. The van der Waals surface area contributed by atoms with Gasteiger partial charge in [0, 0.05) is 17.6 Å². The number of hydrogen-bond donors (Lipinski definition) is 1. The molecule has 1 aromatic carbocycles. The normalized spacial score (nSPS) is 13.0. The van der Waals surface area contributed by atoms with E-state index in [2.05, 4.69) is 55.3 Å². The number of aliphatic hydroxyl groups is 1. The molecule has 0 unspecified atom stereocenters. The highest BCUT2D eigenvalue weighted by molar-refractivity contribution is 5.61. The van der Waals surface area contributed by atoms with Gasteiger partial charge in [-0.1, -0.05) is 50.8 Å². The summed E-state index contributed by atoms with van der Waals surface area (Å²) in [6.07, 6.45) is 6.00. The lowest BCUT2D eigenvalue weighted by Crippen LogP contribution is -2.27. The highest BCUT2D eigenvalue weighted by atomic mass is 16.3. The van der Waals surface area contributed by atoms with E-state index >= 15 is 0 Å². The maximum atomic E-state index is 9.40. The molecule has 0 aliphatic heterocycles. The van der Waals surface area contributed by atoms with Crippen LogP contribution in [0.2, 0.25) is 0 Å². The average Bonchev–Trinajstić information content (AvgIpc) is 2.82. The molecule has 0 aliphatic rings. The summed E-state index contributed by atoms with van der Waals surface area (Å²) in [6.45, 7) is 11.4. The van der Waals surface area contributed by atoms with Gasteiger partial charge >= 0.3 is 0 Å². The van der Waals surface area contributed by atoms with Gasteiger partial charge in [-0.05, 0) is 54.7 Å². The van der Waals surface area contributed by atoms with Crippen molar-refractivity contribution in [1.29, 1.82) is 0 Å². The molecule has 1 N–H and O–H groups in total. The van der Waals surface area contributed by atoms with Crippen LogP contribution in [0, 0.1) is 5.92 Å². The summed E-state index contributed by atoms with van der Waals surface area (Å²) in [6, 6.07) is 12.6. The number of benzene rings is 1. The second-order valence-electron chi connectivity index (χ2n) is 6.46. The Bertz CT molecular complexity index is 762. The summed E-state index contributed by atoms with van der Waals surface area (Å²) in [5.41, 5.74) is 2.39. The molecule has 2 nitrogen and oxygen atoms in total. The first-order valence-corrected chi connectivity index (χ1v) is 8.30. The molecule has 0 bridgehead atoms. The maximum Gasteiger partial charge on any atom is 0.0891 e. The van der Waals surface area contributed by atoms with Crippen molar-refractivity contribution in [2.75, 3.05) is 0 Å². The smallest absolute Gasteiger partial charge is 0.0891 e. The zero-order valence-corrected chi connectivity index (χ0v) is 14.4. The monoisotopic (exact) mass is 309 g/mol. The minimum absolute atomic E-state index is 0.304. The lowest BCUT2D eigenvalue weighted by atomic mass is 10.1. The van der Waals surface area contributed by atoms with Crippen molar-refractivity contribution in [2.45, 2.75) is 40.2 Å². The fourth-order valence-corrected chi connectivity index (χ4v) is 2.73. The summed E-state index contributed by atoms with van der Waals surface area (Å²) >= 11 is 0. The maximum absolute atomic E-state index is 9.40. The average molecular weight is 309 g/mol. The third-order valence-electron chi connectivity index (χ3n) is 3.98. The number of aliphatic hydroxyl groups excluding tert-OH is 1. The highest BCUT2D eigenvalue weighted by Gasteiger charge is 2.07. The van der Waals surface area contributed by atoms with Crippen molar-refractivity contribution in [1.82, 2.24) is 4.57 Å². The number of nitrogens with zero attached hydrogens (tertiary/aromatic N) is 1. The summed E-state index contributed by atoms with van der Waals surface area (Å²) < 4.78 is 2.30. The van der Waals surface area contributed by atoms with Crippen LogP contribution in [-0.2, 0) is 6.54 Å². The van der Waals surface area contributed by atoms with E-state index < -0.39 is 0 Å². The minimum Gasteiger partial charge on any atom is -0.513 e. The van der Waals surface area contributed by atoms with Crippen molar-refractivity contribution in [3.05, 3.63) is 58.8 Å². The first kappa shape index (κ1) is 17.1. The van der Waals surface area contributed by atoms with E-state index in [9.17, 15) is 5.11 Å². The lowest BCUT2D eigenvalue weighted by molar-refractivity contribution is 0.415. The van der Waals surface area contributed by atoms with Gasteiger partial charge in [0.2, 0.25) is 0 Å². The molecule has 0 atom stereocenters. The third kappa shape index (κ3) is 4.62. The van der Waals surface area contributed by atoms with Crippen LogP contribution in [0.25, 0.3) is 23.9 Å². The Kier molecular flexibility index (Phi) is 5.86. The zero-order valence-electron chi connectivity index (χ0n) is 14.4. The first-order chi connectivity index (χ1) is 11.0. The Morgan fingerprint density at radius 3 is 2.57 bits per heavy atom. The van der Waals surface area contributed by atoms with Crippen LogP contribution < -0.4 is 10.6 Å². The fourth-order valence-electron chi connectivity index (χ4n) is 2.73. The Labute approximate surface area is 139 Å². The Morgan fingerprint density at radius 2 is 1.96 bits per heavy atom. The van der Waals surface area contributed by atoms with Crippen LogP contribution in [0.4, 0.5) is 0 Å². The predicted octanol–water partition coefficient (Wildman–Crippen LogP) is 4.24. The van der Waals surface area contributed by atoms with Crippen LogP contribution >= 0.6 is 0 Å². The van der Waals surface area contributed by atoms with Crippen molar-refractivity contribution in [2.24, 2.45) is 5.92 Å². The first-order valence-electron chi connectivity index (χ1n) is 8.30. The van der Waals surface area contributed by atoms with Crippen LogP contribution in [0.5, 0.6) is 0 Å². The van der Waals surface area contributed by atoms with Crippen molar-refractivity contribution in [3.8, 4) is 11.3 Å². The summed E-state index contributed by atoms with van der Waals surface area (Å²) in [5.74, 6) is 1.02. The molecule has 0 saturated heterocycles. The number of hydrogen-bond acceptors (Lipinski definition) is 1. The van der Waals surface area contributed by atoms with Gasteiger partial charge in [0.25, 0.3) is 0 Å². The van der Waals surface area contributed by atoms with Crippen molar-refractivity contribution in [3.63, 3.8) is 0 Å². The van der Waals surface area contributed by atoms with Crippen LogP contribution in [0.15, 0.2) is 48.2 Å². The number of allylic oxidation sites excluding steroid dienone is 2. The van der Waals surface area contributed by atoms with E-state index in [0.29, 0.717) is 11.7 Å². The second kappa shape index (κ2) is 7.87. The molecular weight excluding hydrogens is 282 g/mol. The third-order valence-corrected chi connectivity index (χ3v) is 3.98. The van der Waals surface area contributed by atoms with Crippen LogP contribution in [-0.4, -0.2) is 9.67 Å². The van der Waals surface area contributed by atoms with E-state index in [1.54, 1.807) is 13.0 Å². The van der Waals surface area contributed by atoms with Gasteiger partial charge in [-0.3, -0.25) is 0 Å². The molecule has 0 spiro atoms. The van der Waals surface area contributed by atoms with Crippen molar-refractivity contribution >= 4 is 12.7 Å². The fraction of sp³-hybridized carbons (Fsp3) is 0.333. The van der Waals surface area contributed by atoms with E-state index in [-0.39, 0.29) is 0 Å². The van der Waals surface area contributed by atoms with Gasteiger partial charge in [-0.25, -0.2) is 0 Å². The molecule has 1 aromatic heterocycles. The lowest BCUT2D eigenvalue weighted by Gasteiger charge is -2.11. The van der Waals surface area contributed by atoms with Gasteiger partial charge in [-0.2, -0.15) is 0 Å². The molecule has 0 radical (unpaired) electrons. The Balaban J connectivity index is 2.46. The molecule has 0 saturated carbocycles. The van der Waals surface area contributed by atoms with Gasteiger partial charge in [0.1, 0.15) is 0 Å². The number of rotatable bonds is 6. The molecule has 0 fully saturated rings. The van der Waals surface area contributed by atoms with Crippen LogP contribution in [0.1, 0.15) is 33.6 Å². The quantitative estimate of drug-likeness (QED) is 0.793. The SMILES string of the molecule is C=c1/c(=C\C=C(/C)O)cc(-c2ccccc2)n1CCCC(C)C. The molecular formula is C21H27NO. The largest absolute Gasteiger partial charge is 0.513 e. The number of aromatic nitrogens is 1. The topological polar surface area (TPSA) is 25.2 Å². The Morgan fingerprint density at radius 1 is 1.26 bits per heavy atom. The van der Waals surface area contributed by atoms with Gasteiger partial charge in [0.15, 0.2) is 0 Å². The Hall–Kier alpha value is -2.22. The van der Waals surface area contributed by atoms with E-state index in [1.807, 2.05) is 12.1 Å². The molecule has 1 heterocycles. The molecule has 0 amide bonds. The summed E-state index contributed by atoms with van der Waals surface area (Å²) in [4.78, 5) is 0. The van der Waals surface area contributed by atoms with Gasteiger partial charge < -0.3 is 9.67 Å². The second-order valence-corrected chi connectivity index (χ2v) is 6.46. The van der Waals surface area contributed by atoms with E-state index in [4.69, 9.17) is 0 Å². The summed E-state index contributed by atoms with van der Waals surface area (Å²) in [5, 5.41) is 11.5. The molecule has 2 rings (SSSR count). The zero-order chi connectivity index (χ0) is 16.8. The molecule has 2 heteroatoms. The predicted molar refractivity (Wildman–Crippen MR) is 99.6 cm³/mol. The van der Waals surface area contributed by atoms with Crippen LogP contribution in [0.3, 0.4) is 0 Å². The van der Waals surface area contributed by atoms with E-state index in [1.165, 1.54) is 17.7 Å².